The molecule has 0 radical (unpaired) electrons. The number of fused-ring (bicyclic) bond motifs is 1. The molecule has 0 saturated carbocycles. The highest BCUT2D eigenvalue weighted by atomic mass is 32.2. The predicted molar refractivity (Wildman–Crippen MR) is 130 cm³/mol. The van der Waals surface area contributed by atoms with Crippen molar-refractivity contribution in [1.82, 2.24) is 4.98 Å². The number of anilines is 1. The third-order valence-electron chi connectivity index (χ3n) is 5.80. The minimum atomic E-state index is -3.79. The number of hydrogen-bond donors (Lipinski definition) is 3. The van der Waals surface area contributed by atoms with E-state index >= 15 is 0 Å². The van der Waals surface area contributed by atoms with E-state index in [9.17, 15) is 23.1 Å². The van der Waals surface area contributed by atoms with Crippen molar-refractivity contribution in [2.75, 3.05) is 11.1 Å². The molecular formula is C25H23N3O6S. The lowest BCUT2D eigenvalue weighted by molar-refractivity contribution is -0.145. The van der Waals surface area contributed by atoms with Gasteiger partial charge in [-0.2, -0.15) is 0 Å². The van der Waals surface area contributed by atoms with Crippen molar-refractivity contribution in [1.29, 1.82) is 0 Å². The number of carboxylic acid groups (broad SMARTS) is 1. The van der Waals surface area contributed by atoms with Crippen LogP contribution in [0.4, 0.5) is 5.69 Å². The third kappa shape index (κ3) is 4.79. The van der Waals surface area contributed by atoms with E-state index in [1.807, 2.05) is 12.1 Å². The summed E-state index contributed by atoms with van der Waals surface area (Å²) in [7, 11) is -3.79. The van der Waals surface area contributed by atoms with Gasteiger partial charge in [-0.3, -0.25) is 9.78 Å². The largest absolute Gasteiger partial charge is 0.480 e. The predicted octanol–water partition coefficient (Wildman–Crippen LogP) is 3.43. The number of hydrogen-bond acceptors (Lipinski definition) is 7. The number of carboxylic acids is 1. The zero-order valence-corrected chi connectivity index (χ0v) is 19.5. The summed E-state index contributed by atoms with van der Waals surface area (Å²) in [6.07, 6.45) is 1.26. The second-order valence-corrected chi connectivity index (χ2v) is 10.2. The fourth-order valence-corrected chi connectivity index (χ4v) is 5.44. The molecule has 180 valence electrons. The molecule has 0 aliphatic carbocycles. The molecule has 4 aromatic rings. The van der Waals surface area contributed by atoms with Gasteiger partial charge in [0.25, 0.3) is 5.91 Å². The van der Waals surface area contributed by atoms with Crippen LogP contribution < -0.4 is 11.1 Å². The van der Waals surface area contributed by atoms with Gasteiger partial charge in [0.2, 0.25) is 0 Å². The summed E-state index contributed by atoms with van der Waals surface area (Å²) in [6.45, 7) is 1.45. The maximum atomic E-state index is 12.8. The summed E-state index contributed by atoms with van der Waals surface area (Å²) >= 11 is 0. The Kier molecular flexibility index (Phi) is 6.42. The summed E-state index contributed by atoms with van der Waals surface area (Å²) < 4.78 is 31.1. The van der Waals surface area contributed by atoms with Crippen molar-refractivity contribution in [2.24, 2.45) is 11.7 Å². The molecule has 0 saturated heterocycles. The number of nitrogens with two attached hydrogens (primary N) is 1. The zero-order valence-electron chi connectivity index (χ0n) is 18.7. The van der Waals surface area contributed by atoms with Gasteiger partial charge in [0, 0.05) is 11.3 Å². The quantitative estimate of drug-likeness (QED) is 0.337. The normalized spacial score (nSPS) is 14.2. The highest BCUT2D eigenvalue weighted by Crippen LogP contribution is 2.30. The summed E-state index contributed by atoms with van der Waals surface area (Å²) in [5.74, 6) is -3.33. The van der Waals surface area contributed by atoms with E-state index in [-0.39, 0.29) is 22.0 Å². The number of carbonyl (C=O) groups excluding carboxylic acids is 1. The number of para-hydroxylation sites is 1. The monoisotopic (exact) mass is 493 g/mol. The Labute approximate surface area is 201 Å². The maximum absolute atomic E-state index is 12.8. The highest BCUT2D eigenvalue weighted by Gasteiger charge is 2.45. The Morgan fingerprint density at radius 3 is 2.40 bits per heavy atom. The molecular weight excluding hydrogens is 470 g/mol. The number of carbonyl (C=O) groups is 2. The van der Waals surface area contributed by atoms with Crippen LogP contribution in [0, 0.1) is 5.92 Å². The van der Waals surface area contributed by atoms with Crippen LogP contribution in [0.2, 0.25) is 0 Å². The van der Waals surface area contributed by atoms with Crippen LogP contribution in [-0.4, -0.2) is 36.1 Å². The zero-order chi connectivity index (χ0) is 25.2. The van der Waals surface area contributed by atoms with Crippen LogP contribution >= 0.6 is 0 Å². The number of pyridine rings is 1. The van der Waals surface area contributed by atoms with Crippen molar-refractivity contribution >= 4 is 38.4 Å². The highest BCUT2D eigenvalue weighted by molar-refractivity contribution is 7.91. The number of furan rings is 1. The van der Waals surface area contributed by atoms with E-state index in [4.69, 9.17) is 10.2 Å². The van der Waals surface area contributed by atoms with Crippen molar-refractivity contribution in [3.63, 3.8) is 0 Å². The first-order valence-electron chi connectivity index (χ1n) is 10.7. The fraction of sp³-hybridized carbons (Fsp3) is 0.160. The molecule has 2 unspecified atom stereocenters. The molecule has 2 aromatic carbocycles. The van der Waals surface area contributed by atoms with E-state index in [1.165, 1.54) is 37.4 Å². The van der Waals surface area contributed by atoms with Crippen molar-refractivity contribution in [3.8, 4) is 0 Å². The van der Waals surface area contributed by atoms with E-state index in [0.29, 0.717) is 5.58 Å². The van der Waals surface area contributed by atoms with Gasteiger partial charge in [0.15, 0.2) is 21.1 Å². The number of nitrogens with zero attached hydrogens (tertiary/aromatic N) is 1. The van der Waals surface area contributed by atoms with Crippen molar-refractivity contribution in [3.05, 3.63) is 90.4 Å². The lowest BCUT2D eigenvalue weighted by Crippen LogP contribution is -2.52. The molecule has 1 amide bonds. The fourth-order valence-electron chi connectivity index (χ4n) is 3.76. The topological polar surface area (TPSA) is 153 Å². The number of amides is 1. The maximum Gasteiger partial charge on any atom is 0.330 e. The van der Waals surface area contributed by atoms with Gasteiger partial charge in [-0.15, -0.1) is 0 Å². The smallest absolute Gasteiger partial charge is 0.330 e. The van der Waals surface area contributed by atoms with Gasteiger partial charge >= 0.3 is 5.97 Å². The standard InChI is InChI=1S/C25H23N3O6S/c1-16(15-35(32,33)19-8-3-2-4-9-19)25(26,24(30)31)22-12-11-18(14-27-22)28-23(29)21-13-17-7-5-6-10-20(17)34-21/h2-14,16H,15,26H2,1H3,(H,28,29)(H,30,31). The Balaban J connectivity index is 1.54. The molecule has 4 rings (SSSR count). The molecule has 0 aliphatic heterocycles. The summed E-state index contributed by atoms with van der Waals surface area (Å²) in [5, 5.41) is 13.3. The van der Waals surface area contributed by atoms with Crippen LogP contribution in [0.25, 0.3) is 11.0 Å². The van der Waals surface area contributed by atoms with Gasteiger partial charge in [-0.25, -0.2) is 13.2 Å². The van der Waals surface area contributed by atoms with Crippen molar-refractivity contribution in [2.45, 2.75) is 17.4 Å². The minimum absolute atomic E-state index is 0.0394. The molecule has 0 aliphatic rings. The summed E-state index contributed by atoms with van der Waals surface area (Å²) in [6, 6.07) is 19.3. The summed E-state index contributed by atoms with van der Waals surface area (Å²) in [5.41, 5.74) is 4.99. The van der Waals surface area contributed by atoms with Crippen LogP contribution in [-0.2, 0) is 20.2 Å². The van der Waals surface area contributed by atoms with Gasteiger partial charge < -0.3 is 20.6 Å². The summed E-state index contributed by atoms with van der Waals surface area (Å²) in [4.78, 5) is 29.0. The van der Waals surface area contributed by atoms with E-state index < -0.39 is 38.9 Å². The SMILES string of the molecule is CC(CS(=O)(=O)c1ccccc1)C(N)(C(=O)O)c1ccc(NC(=O)c2cc3ccccc3o2)cn1. The molecule has 0 fully saturated rings. The molecule has 2 aromatic heterocycles. The van der Waals surface area contributed by atoms with Crippen LogP contribution in [0.5, 0.6) is 0 Å². The molecule has 2 atom stereocenters. The van der Waals surface area contributed by atoms with E-state index in [1.54, 1.807) is 36.4 Å². The molecule has 35 heavy (non-hydrogen) atoms. The first kappa shape index (κ1) is 24.1. The first-order chi connectivity index (χ1) is 16.6. The van der Waals surface area contributed by atoms with Crippen molar-refractivity contribution < 1.29 is 27.5 Å². The second-order valence-electron chi connectivity index (χ2n) is 8.20. The number of nitrogens with one attached hydrogen (secondary N) is 1. The molecule has 9 nitrogen and oxygen atoms in total. The molecule has 10 heteroatoms. The third-order valence-corrected chi connectivity index (χ3v) is 7.73. The van der Waals surface area contributed by atoms with Crippen LogP contribution in [0.3, 0.4) is 0 Å². The van der Waals surface area contributed by atoms with Gasteiger partial charge in [-0.05, 0) is 36.4 Å². The number of aliphatic carboxylic acids is 1. The van der Waals surface area contributed by atoms with Crippen LogP contribution in [0.1, 0.15) is 23.2 Å². The Morgan fingerprint density at radius 2 is 1.77 bits per heavy atom. The van der Waals surface area contributed by atoms with Crippen LogP contribution in [0.15, 0.2) is 88.3 Å². The number of benzene rings is 2. The number of rotatable bonds is 8. The first-order valence-corrected chi connectivity index (χ1v) is 12.3. The lowest BCUT2D eigenvalue weighted by Gasteiger charge is -2.30. The molecule has 0 spiro atoms. The molecule has 2 heterocycles. The van der Waals surface area contributed by atoms with E-state index in [0.717, 1.165) is 5.39 Å². The number of sulfone groups is 1. The van der Waals surface area contributed by atoms with Gasteiger partial charge in [0.1, 0.15) is 5.58 Å². The average Bonchev–Trinajstić information content (AvgIpc) is 3.29. The second kappa shape index (κ2) is 9.32. The Morgan fingerprint density at radius 1 is 1.09 bits per heavy atom. The Bertz CT molecular complexity index is 1450. The average molecular weight is 494 g/mol. The van der Waals surface area contributed by atoms with Gasteiger partial charge in [0.05, 0.1) is 28.2 Å². The van der Waals surface area contributed by atoms with Gasteiger partial charge in [-0.1, -0.05) is 43.3 Å². The minimum Gasteiger partial charge on any atom is -0.480 e. The molecule has 0 bridgehead atoms. The Hall–Kier alpha value is -4.02. The van der Waals surface area contributed by atoms with E-state index in [2.05, 4.69) is 10.3 Å². The molecule has 4 N–H and O–H groups in total. The lowest BCUT2D eigenvalue weighted by atomic mass is 9.84. The number of aromatic nitrogens is 1.